The molecule has 1 aromatic rings. The van der Waals surface area contributed by atoms with E-state index in [4.69, 9.17) is 9.47 Å². The van der Waals surface area contributed by atoms with Crippen molar-refractivity contribution in [2.45, 2.75) is 6.42 Å². The van der Waals surface area contributed by atoms with Crippen molar-refractivity contribution in [2.75, 3.05) is 52.9 Å². The van der Waals surface area contributed by atoms with Crippen molar-refractivity contribution in [3.05, 3.63) is 29.8 Å². The van der Waals surface area contributed by atoms with Crippen molar-refractivity contribution in [3.8, 4) is 0 Å². The third-order valence-corrected chi connectivity index (χ3v) is 3.06. The number of amides is 1. The average molecular weight is 280 g/mol. The summed E-state index contributed by atoms with van der Waals surface area (Å²) in [5.41, 5.74) is 1.52. The monoisotopic (exact) mass is 280 g/mol. The highest BCUT2D eigenvalue weighted by Gasteiger charge is 2.17. The molecule has 0 unspecified atom stereocenters. The van der Waals surface area contributed by atoms with E-state index < -0.39 is 0 Å². The number of hydrogen-bond acceptors (Lipinski definition) is 4. The van der Waals surface area contributed by atoms with Crippen molar-refractivity contribution in [1.29, 1.82) is 0 Å². The Morgan fingerprint density at radius 1 is 1.15 bits per heavy atom. The fourth-order valence-corrected chi connectivity index (χ4v) is 1.97. The molecular formula is C15H24N2O3. The first-order valence-corrected chi connectivity index (χ1v) is 6.78. The molecule has 0 spiro atoms. The molecule has 112 valence electrons. The molecule has 0 aromatic heterocycles. The van der Waals surface area contributed by atoms with Gasteiger partial charge in [0.15, 0.2) is 0 Å². The SMILES string of the molecule is CNc1ccccc1C(=O)N(CCCOC)CCOC. The van der Waals surface area contributed by atoms with Crippen LogP contribution in [0.5, 0.6) is 0 Å². The molecule has 0 saturated carbocycles. The number of hydrogen-bond donors (Lipinski definition) is 1. The molecule has 0 aliphatic carbocycles. The number of benzene rings is 1. The van der Waals surface area contributed by atoms with Gasteiger partial charge in [0.2, 0.25) is 0 Å². The van der Waals surface area contributed by atoms with Gasteiger partial charge in [-0.25, -0.2) is 0 Å². The van der Waals surface area contributed by atoms with E-state index in [2.05, 4.69) is 5.32 Å². The Morgan fingerprint density at radius 3 is 2.50 bits per heavy atom. The van der Waals surface area contributed by atoms with Gasteiger partial charge in [-0.3, -0.25) is 4.79 Å². The second-order valence-electron chi connectivity index (χ2n) is 4.43. The van der Waals surface area contributed by atoms with E-state index in [9.17, 15) is 4.79 Å². The molecule has 0 saturated heterocycles. The summed E-state index contributed by atoms with van der Waals surface area (Å²) in [6.07, 6.45) is 0.813. The molecule has 0 aliphatic rings. The third kappa shape index (κ3) is 4.83. The molecule has 5 nitrogen and oxygen atoms in total. The summed E-state index contributed by atoms with van der Waals surface area (Å²) < 4.78 is 10.1. The minimum Gasteiger partial charge on any atom is -0.387 e. The van der Waals surface area contributed by atoms with Crippen molar-refractivity contribution in [2.24, 2.45) is 0 Å². The van der Waals surface area contributed by atoms with E-state index in [1.54, 1.807) is 19.1 Å². The topological polar surface area (TPSA) is 50.8 Å². The van der Waals surface area contributed by atoms with Gasteiger partial charge in [-0.1, -0.05) is 12.1 Å². The van der Waals surface area contributed by atoms with Crippen molar-refractivity contribution >= 4 is 11.6 Å². The summed E-state index contributed by atoms with van der Waals surface area (Å²) in [6.45, 7) is 2.41. The minimum atomic E-state index is 0.0168. The summed E-state index contributed by atoms with van der Waals surface area (Å²) in [7, 11) is 5.12. The van der Waals surface area contributed by atoms with Crippen LogP contribution in [0.4, 0.5) is 5.69 Å². The summed E-state index contributed by atoms with van der Waals surface area (Å²) in [5.74, 6) is 0.0168. The lowest BCUT2D eigenvalue weighted by Gasteiger charge is -2.23. The van der Waals surface area contributed by atoms with E-state index in [0.29, 0.717) is 31.9 Å². The zero-order valence-electron chi connectivity index (χ0n) is 12.5. The summed E-state index contributed by atoms with van der Waals surface area (Å²) in [4.78, 5) is 14.4. The molecule has 5 heteroatoms. The van der Waals surface area contributed by atoms with Crippen LogP contribution in [0.25, 0.3) is 0 Å². The van der Waals surface area contributed by atoms with Crippen molar-refractivity contribution in [1.82, 2.24) is 4.90 Å². The maximum absolute atomic E-state index is 12.6. The van der Waals surface area contributed by atoms with Gasteiger partial charge in [-0.2, -0.15) is 0 Å². The number of anilines is 1. The van der Waals surface area contributed by atoms with Crippen LogP contribution in [0, 0.1) is 0 Å². The Bertz CT molecular complexity index is 410. The molecule has 1 rings (SSSR count). The zero-order valence-corrected chi connectivity index (χ0v) is 12.5. The van der Waals surface area contributed by atoms with Gasteiger partial charge < -0.3 is 19.7 Å². The molecule has 0 fully saturated rings. The quantitative estimate of drug-likeness (QED) is 0.701. The molecule has 0 radical (unpaired) electrons. The van der Waals surface area contributed by atoms with Crippen LogP contribution in [0.3, 0.4) is 0 Å². The van der Waals surface area contributed by atoms with E-state index in [1.807, 2.05) is 31.3 Å². The Morgan fingerprint density at radius 2 is 1.85 bits per heavy atom. The Hall–Kier alpha value is -1.59. The van der Waals surface area contributed by atoms with Crippen LogP contribution >= 0.6 is 0 Å². The number of ether oxygens (including phenoxy) is 2. The van der Waals surface area contributed by atoms with Gasteiger partial charge in [-0.05, 0) is 18.6 Å². The first-order valence-electron chi connectivity index (χ1n) is 6.78. The summed E-state index contributed by atoms with van der Waals surface area (Å²) in [5, 5.41) is 3.05. The van der Waals surface area contributed by atoms with E-state index in [0.717, 1.165) is 12.1 Å². The largest absolute Gasteiger partial charge is 0.387 e. The highest BCUT2D eigenvalue weighted by Crippen LogP contribution is 2.16. The molecule has 1 N–H and O–H groups in total. The normalized spacial score (nSPS) is 10.3. The first-order chi connectivity index (χ1) is 9.74. The highest BCUT2D eigenvalue weighted by atomic mass is 16.5. The van der Waals surface area contributed by atoms with Crippen LogP contribution < -0.4 is 5.32 Å². The standard InChI is InChI=1S/C15H24N2O3/c1-16-14-8-5-4-7-13(14)15(18)17(10-12-20-3)9-6-11-19-2/h4-5,7-8,16H,6,9-12H2,1-3H3. The van der Waals surface area contributed by atoms with Gasteiger partial charge >= 0.3 is 0 Å². The maximum Gasteiger partial charge on any atom is 0.256 e. The van der Waals surface area contributed by atoms with Crippen LogP contribution in [-0.4, -0.2) is 58.4 Å². The number of nitrogens with zero attached hydrogens (tertiary/aromatic N) is 1. The number of carbonyl (C=O) groups excluding carboxylic acids is 1. The lowest BCUT2D eigenvalue weighted by atomic mass is 10.1. The van der Waals surface area contributed by atoms with E-state index >= 15 is 0 Å². The molecule has 1 amide bonds. The van der Waals surface area contributed by atoms with Gasteiger partial charge in [0.1, 0.15) is 0 Å². The van der Waals surface area contributed by atoms with Crippen LogP contribution in [-0.2, 0) is 9.47 Å². The maximum atomic E-state index is 12.6. The van der Waals surface area contributed by atoms with E-state index in [-0.39, 0.29) is 5.91 Å². The molecule has 0 bridgehead atoms. The van der Waals surface area contributed by atoms with Gasteiger partial charge in [0, 0.05) is 46.7 Å². The highest BCUT2D eigenvalue weighted by molar-refractivity contribution is 5.99. The smallest absolute Gasteiger partial charge is 0.256 e. The van der Waals surface area contributed by atoms with Gasteiger partial charge in [-0.15, -0.1) is 0 Å². The lowest BCUT2D eigenvalue weighted by molar-refractivity contribution is 0.0675. The molecule has 0 heterocycles. The Balaban J connectivity index is 2.79. The second kappa shape index (κ2) is 9.34. The Kier molecular flexibility index (Phi) is 7.69. The predicted molar refractivity (Wildman–Crippen MR) is 80.3 cm³/mol. The van der Waals surface area contributed by atoms with Crippen molar-refractivity contribution < 1.29 is 14.3 Å². The lowest BCUT2D eigenvalue weighted by Crippen LogP contribution is -2.35. The van der Waals surface area contributed by atoms with Gasteiger partial charge in [0.05, 0.1) is 12.2 Å². The number of nitrogens with one attached hydrogen (secondary N) is 1. The molecule has 0 atom stereocenters. The average Bonchev–Trinajstić information content (AvgIpc) is 2.50. The summed E-state index contributed by atoms with van der Waals surface area (Å²) in [6, 6.07) is 7.52. The molecule has 20 heavy (non-hydrogen) atoms. The number of para-hydroxylation sites is 1. The Labute approximate surface area is 120 Å². The zero-order chi connectivity index (χ0) is 14.8. The number of methoxy groups -OCH3 is 2. The molecule has 1 aromatic carbocycles. The second-order valence-corrected chi connectivity index (χ2v) is 4.43. The van der Waals surface area contributed by atoms with Crippen LogP contribution in [0.1, 0.15) is 16.8 Å². The molecular weight excluding hydrogens is 256 g/mol. The predicted octanol–water partition coefficient (Wildman–Crippen LogP) is 1.85. The van der Waals surface area contributed by atoms with Gasteiger partial charge in [0.25, 0.3) is 5.91 Å². The summed E-state index contributed by atoms with van der Waals surface area (Å²) >= 11 is 0. The minimum absolute atomic E-state index is 0.0168. The van der Waals surface area contributed by atoms with Crippen LogP contribution in [0.15, 0.2) is 24.3 Å². The fourth-order valence-electron chi connectivity index (χ4n) is 1.97. The van der Waals surface area contributed by atoms with Crippen molar-refractivity contribution in [3.63, 3.8) is 0 Å². The first kappa shape index (κ1) is 16.5. The van der Waals surface area contributed by atoms with Crippen LogP contribution in [0.2, 0.25) is 0 Å². The van der Waals surface area contributed by atoms with E-state index in [1.165, 1.54) is 0 Å². The molecule has 0 aliphatic heterocycles. The number of carbonyl (C=O) groups is 1. The third-order valence-electron chi connectivity index (χ3n) is 3.06. The number of rotatable bonds is 9. The fraction of sp³-hybridized carbons (Fsp3) is 0.533.